The molecule has 4 rings (SSSR count). The van der Waals surface area contributed by atoms with E-state index in [9.17, 15) is 4.79 Å². The molecule has 3 heterocycles. The lowest BCUT2D eigenvalue weighted by atomic mass is 10.2. The van der Waals surface area contributed by atoms with Crippen LogP contribution < -0.4 is 10.5 Å². The molecule has 0 spiro atoms. The summed E-state index contributed by atoms with van der Waals surface area (Å²) in [6.07, 6.45) is 2.48. The average molecular weight is 311 g/mol. The number of likely N-dealkylation sites (N-methyl/N-ethyl adjacent to an activating group) is 1. The minimum absolute atomic E-state index is 0.182. The van der Waals surface area contributed by atoms with Gasteiger partial charge in [-0.1, -0.05) is 18.2 Å². The monoisotopic (exact) mass is 311 g/mol. The van der Waals surface area contributed by atoms with Crippen LogP contribution in [0.25, 0.3) is 16.7 Å². The minimum Gasteiger partial charge on any atom is -0.379 e. The van der Waals surface area contributed by atoms with Crippen molar-refractivity contribution in [1.29, 1.82) is 0 Å². The number of aromatic amines is 1. The Kier molecular flexibility index (Phi) is 3.34. The summed E-state index contributed by atoms with van der Waals surface area (Å²) in [6.45, 7) is 1.39. The summed E-state index contributed by atoms with van der Waals surface area (Å²) in [6, 6.07) is 9.89. The number of benzene rings is 1. The molecule has 118 valence electrons. The molecule has 1 aliphatic rings. The third kappa shape index (κ3) is 2.39. The molecule has 7 heteroatoms. The van der Waals surface area contributed by atoms with Gasteiger partial charge in [-0.15, -0.1) is 0 Å². The summed E-state index contributed by atoms with van der Waals surface area (Å²) in [4.78, 5) is 21.8. The van der Waals surface area contributed by atoms with E-state index in [0.717, 1.165) is 18.7 Å². The molecule has 1 saturated heterocycles. The van der Waals surface area contributed by atoms with Gasteiger partial charge in [0.05, 0.1) is 24.5 Å². The highest BCUT2D eigenvalue weighted by atomic mass is 16.5. The molecule has 2 aromatic heterocycles. The van der Waals surface area contributed by atoms with Crippen molar-refractivity contribution in [3.05, 3.63) is 46.9 Å². The van der Waals surface area contributed by atoms with Crippen LogP contribution >= 0.6 is 0 Å². The first kappa shape index (κ1) is 14.0. The van der Waals surface area contributed by atoms with Crippen LogP contribution in [-0.4, -0.2) is 46.1 Å². The van der Waals surface area contributed by atoms with Crippen LogP contribution in [0.4, 0.5) is 5.95 Å². The molecule has 1 unspecified atom stereocenters. The zero-order chi connectivity index (χ0) is 15.8. The predicted octanol–water partition coefficient (Wildman–Crippen LogP) is 1.33. The Labute approximate surface area is 132 Å². The Hall–Kier alpha value is -2.67. The van der Waals surface area contributed by atoms with Gasteiger partial charge in [-0.25, -0.2) is 4.68 Å². The minimum atomic E-state index is -0.182. The van der Waals surface area contributed by atoms with Crippen molar-refractivity contribution in [2.45, 2.75) is 12.5 Å². The van der Waals surface area contributed by atoms with Gasteiger partial charge >= 0.3 is 0 Å². The van der Waals surface area contributed by atoms with Gasteiger partial charge in [-0.05, 0) is 18.6 Å². The SMILES string of the molecule is CN(c1nc2c(cnn2-c2ccccc2)c(=O)[nH]1)C1CCOC1. The first-order valence-corrected chi connectivity index (χ1v) is 7.58. The molecule has 7 nitrogen and oxygen atoms in total. The molecule has 0 amide bonds. The van der Waals surface area contributed by atoms with Gasteiger partial charge in [-0.2, -0.15) is 10.1 Å². The molecule has 0 bridgehead atoms. The normalized spacial score (nSPS) is 17.7. The Bertz CT molecular complexity index is 880. The van der Waals surface area contributed by atoms with Crippen molar-refractivity contribution in [2.24, 2.45) is 0 Å². The Morgan fingerprint density at radius 1 is 1.35 bits per heavy atom. The fraction of sp³-hybridized carbons (Fsp3) is 0.312. The van der Waals surface area contributed by atoms with Crippen molar-refractivity contribution in [2.75, 3.05) is 25.2 Å². The molecule has 1 aliphatic heterocycles. The number of ether oxygens (including phenoxy) is 1. The maximum atomic E-state index is 12.4. The maximum Gasteiger partial charge on any atom is 0.263 e. The molecule has 1 fully saturated rings. The van der Waals surface area contributed by atoms with Crippen LogP contribution in [0, 0.1) is 0 Å². The third-order valence-electron chi connectivity index (χ3n) is 4.21. The summed E-state index contributed by atoms with van der Waals surface area (Å²) in [5.74, 6) is 0.538. The standard InChI is InChI=1S/C16H17N5O2/c1-20(12-7-8-23-10-12)16-18-14-13(15(22)19-16)9-17-21(14)11-5-3-2-4-6-11/h2-6,9,12H,7-8,10H2,1H3,(H,18,19,22). The number of aromatic nitrogens is 4. The maximum absolute atomic E-state index is 12.4. The summed E-state index contributed by atoms with van der Waals surface area (Å²) in [5, 5.41) is 4.80. The van der Waals surface area contributed by atoms with E-state index < -0.39 is 0 Å². The number of nitrogens with one attached hydrogen (secondary N) is 1. The van der Waals surface area contributed by atoms with E-state index in [-0.39, 0.29) is 11.6 Å². The van der Waals surface area contributed by atoms with E-state index in [2.05, 4.69) is 15.1 Å². The van der Waals surface area contributed by atoms with Gasteiger partial charge in [0, 0.05) is 13.7 Å². The molecule has 3 aromatic rings. The van der Waals surface area contributed by atoms with E-state index >= 15 is 0 Å². The van der Waals surface area contributed by atoms with Crippen LogP contribution in [0.3, 0.4) is 0 Å². The van der Waals surface area contributed by atoms with Crippen molar-refractivity contribution in [1.82, 2.24) is 19.7 Å². The molecule has 23 heavy (non-hydrogen) atoms. The molecule has 1 N–H and O–H groups in total. The van der Waals surface area contributed by atoms with Gasteiger partial charge in [0.15, 0.2) is 5.65 Å². The number of anilines is 1. The lowest BCUT2D eigenvalue weighted by molar-refractivity contribution is 0.193. The number of rotatable bonds is 3. The first-order valence-electron chi connectivity index (χ1n) is 7.58. The lowest BCUT2D eigenvalue weighted by Gasteiger charge is -2.23. The number of nitrogens with zero attached hydrogens (tertiary/aromatic N) is 4. The van der Waals surface area contributed by atoms with E-state index in [4.69, 9.17) is 4.74 Å². The fourth-order valence-electron chi connectivity index (χ4n) is 2.83. The highest BCUT2D eigenvalue weighted by Crippen LogP contribution is 2.19. The molecule has 0 radical (unpaired) electrons. The second-order valence-corrected chi connectivity index (χ2v) is 5.65. The second-order valence-electron chi connectivity index (χ2n) is 5.65. The molecule has 1 atom stereocenters. The zero-order valence-electron chi connectivity index (χ0n) is 12.8. The zero-order valence-corrected chi connectivity index (χ0v) is 12.8. The van der Waals surface area contributed by atoms with Gasteiger partial charge in [0.25, 0.3) is 5.56 Å². The van der Waals surface area contributed by atoms with Crippen molar-refractivity contribution in [3.63, 3.8) is 0 Å². The third-order valence-corrected chi connectivity index (χ3v) is 4.21. The second kappa shape index (κ2) is 5.51. The van der Waals surface area contributed by atoms with E-state index in [1.165, 1.54) is 0 Å². The highest BCUT2D eigenvalue weighted by Gasteiger charge is 2.23. The van der Waals surface area contributed by atoms with Crippen molar-refractivity contribution >= 4 is 17.0 Å². The van der Waals surface area contributed by atoms with Gasteiger partial charge in [0.1, 0.15) is 5.39 Å². The quantitative estimate of drug-likeness (QED) is 0.790. The molecular weight excluding hydrogens is 294 g/mol. The molecule has 0 aliphatic carbocycles. The smallest absolute Gasteiger partial charge is 0.263 e. The summed E-state index contributed by atoms with van der Waals surface area (Å²) in [7, 11) is 1.92. The van der Waals surface area contributed by atoms with Crippen LogP contribution in [0.15, 0.2) is 41.3 Å². The summed E-state index contributed by atoms with van der Waals surface area (Å²) in [5.41, 5.74) is 1.25. The Morgan fingerprint density at radius 2 is 2.17 bits per heavy atom. The van der Waals surface area contributed by atoms with Crippen LogP contribution in [0.1, 0.15) is 6.42 Å². The molecular formula is C16H17N5O2. The van der Waals surface area contributed by atoms with Crippen LogP contribution in [-0.2, 0) is 4.74 Å². The predicted molar refractivity (Wildman–Crippen MR) is 87.1 cm³/mol. The summed E-state index contributed by atoms with van der Waals surface area (Å²) >= 11 is 0. The van der Waals surface area contributed by atoms with Gasteiger partial charge in [-0.3, -0.25) is 9.78 Å². The van der Waals surface area contributed by atoms with Crippen molar-refractivity contribution in [3.8, 4) is 5.69 Å². The molecule has 1 aromatic carbocycles. The van der Waals surface area contributed by atoms with E-state index in [1.807, 2.05) is 42.3 Å². The number of para-hydroxylation sites is 1. The topological polar surface area (TPSA) is 76.0 Å². The Balaban J connectivity index is 1.83. The van der Waals surface area contributed by atoms with Gasteiger partial charge < -0.3 is 9.64 Å². The lowest BCUT2D eigenvalue weighted by Crippen LogP contribution is -2.34. The number of hydrogen-bond donors (Lipinski definition) is 1. The highest BCUT2D eigenvalue weighted by molar-refractivity contribution is 5.76. The van der Waals surface area contributed by atoms with Crippen LogP contribution in [0.5, 0.6) is 0 Å². The fourth-order valence-corrected chi connectivity index (χ4v) is 2.83. The number of H-pyrrole nitrogens is 1. The molecule has 0 saturated carbocycles. The van der Waals surface area contributed by atoms with Crippen molar-refractivity contribution < 1.29 is 4.74 Å². The number of fused-ring (bicyclic) bond motifs is 1. The average Bonchev–Trinajstić information content (AvgIpc) is 3.25. The van der Waals surface area contributed by atoms with E-state index in [1.54, 1.807) is 10.9 Å². The first-order chi connectivity index (χ1) is 11.2. The largest absolute Gasteiger partial charge is 0.379 e. The van der Waals surface area contributed by atoms with Crippen LogP contribution in [0.2, 0.25) is 0 Å². The number of hydrogen-bond acceptors (Lipinski definition) is 5. The van der Waals surface area contributed by atoms with Gasteiger partial charge in [0.2, 0.25) is 5.95 Å². The Morgan fingerprint density at radius 3 is 2.91 bits per heavy atom. The van der Waals surface area contributed by atoms with E-state index in [0.29, 0.717) is 23.6 Å². The summed E-state index contributed by atoms with van der Waals surface area (Å²) < 4.78 is 7.10.